The lowest BCUT2D eigenvalue weighted by Crippen LogP contribution is -2.15. The average Bonchev–Trinajstić information content (AvgIpc) is 2.27. The summed E-state index contributed by atoms with van der Waals surface area (Å²) in [6.07, 6.45) is -4.38. The number of hydrogen-bond donors (Lipinski definition) is 1. The number of aliphatic hydroxyl groups is 1. The van der Waals surface area contributed by atoms with Crippen LogP contribution < -0.4 is 0 Å². The maximum absolute atomic E-state index is 12.8. The van der Waals surface area contributed by atoms with Crippen LogP contribution in [0.1, 0.15) is 11.1 Å². The molecule has 6 heteroatoms. The Labute approximate surface area is 109 Å². The van der Waals surface area contributed by atoms with Crippen molar-refractivity contribution in [2.75, 3.05) is 26.4 Å². The Bertz CT molecular complexity index is 393. The molecule has 0 aliphatic carbocycles. The van der Waals surface area contributed by atoms with Crippen LogP contribution in [0.4, 0.5) is 13.2 Å². The minimum Gasteiger partial charge on any atom is -0.392 e. The van der Waals surface area contributed by atoms with E-state index in [-0.39, 0.29) is 17.1 Å². The van der Waals surface area contributed by atoms with Crippen molar-refractivity contribution in [3.8, 4) is 0 Å². The molecule has 0 fully saturated rings. The molecule has 0 saturated carbocycles. The summed E-state index contributed by atoms with van der Waals surface area (Å²) in [7, 11) is 3.75. The fraction of sp³-hybridized carbons (Fsp3) is 0.500. The van der Waals surface area contributed by atoms with Crippen LogP contribution in [-0.2, 0) is 12.8 Å². The van der Waals surface area contributed by atoms with E-state index in [0.717, 1.165) is 6.07 Å². The second kappa shape index (κ2) is 6.45. The molecule has 18 heavy (non-hydrogen) atoms. The normalized spacial score (nSPS) is 12.2. The standard InChI is InChI=1S/C12H16F3NOS/c1-16(2)5-6-18-11-4-3-9(8-17)7-10(11)12(13,14)15/h3-4,7,17H,5-6,8H2,1-2H3. The van der Waals surface area contributed by atoms with Crippen LogP contribution in [0.5, 0.6) is 0 Å². The van der Waals surface area contributed by atoms with Crippen LogP contribution in [0.2, 0.25) is 0 Å². The van der Waals surface area contributed by atoms with E-state index in [1.807, 2.05) is 19.0 Å². The summed E-state index contributed by atoms with van der Waals surface area (Å²) < 4.78 is 38.5. The smallest absolute Gasteiger partial charge is 0.392 e. The molecule has 0 aromatic heterocycles. The first kappa shape index (κ1) is 15.3. The highest BCUT2D eigenvalue weighted by molar-refractivity contribution is 7.99. The van der Waals surface area contributed by atoms with Crippen LogP contribution in [0.25, 0.3) is 0 Å². The molecule has 1 aromatic carbocycles. The molecular formula is C12H16F3NOS. The monoisotopic (exact) mass is 279 g/mol. The van der Waals surface area contributed by atoms with E-state index in [9.17, 15) is 13.2 Å². The number of nitrogens with zero attached hydrogens (tertiary/aromatic N) is 1. The van der Waals surface area contributed by atoms with Gasteiger partial charge in [-0.15, -0.1) is 11.8 Å². The summed E-state index contributed by atoms with van der Waals surface area (Å²) in [5.74, 6) is 0.592. The topological polar surface area (TPSA) is 23.5 Å². The molecule has 0 unspecified atom stereocenters. The highest BCUT2D eigenvalue weighted by Gasteiger charge is 2.33. The quantitative estimate of drug-likeness (QED) is 0.838. The van der Waals surface area contributed by atoms with Gasteiger partial charge >= 0.3 is 6.18 Å². The number of aliphatic hydroxyl groups excluding tert-OH is 1. The lowest BCUT2D eigenvalue weighted by atomic mass is 10.1. The molecule has 1 aromatic rings. The Kier molecular flexibility index (Phi) is 5.49. The molecule has 0 aliphatic heterocycles. The van der Waals surface area contributed by atoms with E-state index >= 15 is 0 Å². The predicted octanol–water partition coefficient (Wildman–Crippen LogP) is 2.85. The van der Waals surface area contributed by atoms with Gasteiger partial charge in [0.25, 0.3) is 0 Å². The highest BCUT2D eigenvalue weighted by Crippen LogP contribution is 2.37. The number of rotatable bonds is 5. The number of hydrogen-bond acceptors (Lipinski definition) is 3. The van der Waals surface area contributed by atoms with Crippen molar-refractivity contribution in [2.24, 2.45) is 0 Å². The van der Waals surface area contributed by atoms with Crippen molar-refractivity contribution < 1.29 is 18.3 Å². The Balaban J connectivity index is 2.89. The number of halogens is 3. The third-order valence-corrected chi connectivity index (χ3v) is 3.38. The van der Waals surface area contributed by atoms with Crippen molar-refractivity contribution in [2.45, 2.75) is 17.7 Å². The van der Waals surface area contributed by atoms with Gasteiger partial charge < -0.3 is 10.0 Å². The second-order valence-corrected chi connectivity index (χ2v) is 5.27. The summed E-state index contributed by atoms with van der Waals surface area (Å²) in [6, 6.07) is 3.96. The van der Waals surface area contributed by atoms with Crippen LogP contribution >= 0.6 is 11.8 Å². The van der Waals surface area contributed by atoms with E-state index in [1.165, 1.54) is 23.9 Å². The summed E-state index contributed by atoms with van der Waals surface area (Å²) in [4.78, 5) is 2.13. The summed E-state index contributed by atoms with van der Waals surface area (Å²) in [5.41, 5.74) is -0.392. The third kappa shape index (κ3) is 4.51. The van der Waals surface area contributed by atoms with Crippen molar-refractivity contribution in [1.82, 2.24) is 4.90 Å². The zero-order chi connectivity index (χ0) is 13.8. The van der Waals surface area contributed by atoms with Gasteiger partial charge in [0.15, 0.2) is 0 Å². The molecule has 0 radical (unpaired) electrons. The Morgan fingerprint density at radius 2 is 1.94 bits per heavy atom. The SMILES string of the molecule is CN(C)CCSc1ccc(CO)cc1C(F)(F)F. The lowest BCUT2D eigenvalue weighted by Gasteiger charge is -2.15. The molecule has 0 heterocycles. The zero-order valence-electron chi connectivity index (χ0n) is 10.3. The molecule has 0 amide bonds. The van der Waals surface area contributed by atoms with Crippen molar-refractivity contribution in [1.29, 1.82) is 0 Å². The minimum atomic E-state index is -4.38. The Morgan fingerprint density at radius 1 is 1.28 bits per heavy atom. The molecule has 1 rings (SSSR count). The second-order valence-electron chi connectivity index (χ2n) is 4.14. The maximum Gasteiger partial charge on any atom is 0.417 e. The van der Waals surface area contributed by atoms with Crippen molar-refractivity contribution in [3.63, 3.8) is 0 Å². The summed E-state index contributed by atoms with van der Waals surface area (Å²) in [6.45, 7) is 0.329. The zero-order valence-corrected chi connectivity index (χ0v) is 11.1. The summed E-state index contributed by atoms with van der Waals surface area (Å²) in [5, 5.41) is 8.89. The molecule has 0 saturated heterocycles. The van der Waals surface area contributed by atoms with Gasteiger partial charge in [-0.2, -0.15) is 13.2 Å². The van der Waals surface area contributed by atoms with Crippen LogP contribution in [0.3, 0.4) is 0 Å². The van der Waals surface area contributed by atoms with Gasteiger partial charge in [0.2, 0.25) is 0 Å². The summed E-state index contributed by atoms with van der Waals surface area (Å²) >= 11 is 1.18. The van der Waals surface area contributed by atoms with Gasteiger partial charge in [-0.1, -0.05) is 6.07 Å². The molecule has 102 valence electrons. The van der Waals surface area contributed by atoms with Gasteiger partial charge in [-0.25, -0.2) is 0 Å². The van der Waals surface area contributed by atoms with E-state index < -0.39 is 11.7 Å². The fourth-order valence-electron chi connectivity index (χ4n) is 1.36. The number of thioether (sulfide) groups is 1. The highest BCUT2D eigenvalue weighted by atomic mass is 32.2. The molecule has 0 spiro atoms. The first-order chi connectivity index (χ1) is 8.34. The first-order valence-electron chi connectivity index (χ1n) is 5.43. The lowest BCUT2D eigenvalue weighted by molar-refractivity contribution is -0.139. The van der Waals surface area contributed by atoms with Gasteiger partial charge in [0.05, 0.1) is 12.2 Å². The number of benzene rings is 1. The molecule has 0 bridgehead atoms. The third-order valence-electron chi connectivity index (χ3n) is 2.33. The van der Waals surface area contributed by atoms with E-state index in [4.69, 9.17) is 5.11 Å². The van der Waals surface area contributed by atoms with Crippen molar-refractivity contribution in [3.05, 3.63) is 29.3 Å². The van der Waals surface area contributed by atoms with E-state index in [2.05, 4.69) is 0 Å². The van der Waals surface area contributed by atoms with Crippen LogP contribution in [0, 0.1) is 0 Å². The maximum atomic E-state index is 12.8. The molecule has 0 aliphatic rings. The largest absolute Gasteiger partial charge is 0.417 e. The van der Waals surface area contributed by atoms with Gasteiger partial charge in [0.1, 0.15) is 0 Å². The van der Waals surface area contributed by atoms with E-state index in [1.54, 1.807) is 0 Å². The van der Waals surface area contributed by atoms with Crippen molar-refractivity contribution >= 4 is 11.8 Å². The van der Waals surface area contributed by atoms with Gasteiger partial charge in [0, 0.05) is 17.2 Å². The molecular weight excluding hydrogens is 263 g/mol. The van der Waals surface area contributed by atoms with E-state index in [0.29, 0.717) is 12.3 Å². The molecule has 1 N–H and O–H groups in total. The fourth-order valence-corrected chi connectivity index (χ4v) is 2.53. The molecule has 2 nitrogen and oxygen atoms in total. The number of alkyl halides is 3. The molecule has 0 atom stereocenters. The van der Waals surface area contributed by atoms with Crippen LogP contribution in [0.15, 0.2) is 23.1 Å². The Morgan fingerprint density at radius 3 is 2.44 bits per heavy atom. The average molecular weight is 279 g/mol. The Hall–Kier alpha value is -0.720. The van der Waals surface area contributed by atoms with Crippen LogP contribution in [-0.4, -0.2) is 36.4 Å². The minimum absolute atomic E-state index is 0.210. The van der Waals surface area contributed by atoms with Gasteiger partial charge in [-0.05, 0) is 31.8 Å². The van der Waals surface area contributed by atoms with Gasteiger partial charge in [-0.3, -0.25) is 0 Å². The first-order valence-corrected chi connectivity index (χ1v) is 6.41. The predicted molar refractivity (Wildman–Crippen MR) is 66.6 cm³/mol.